The minimum absolute atomic E-state index is 0.0490. The maximum absolute atomic E-state index is 12.8. The first-order valence-corrected chi connectivity index (χ1v) is 52.5. The largest absolute Gasteiger partial charge is 0.396 e. The molecule has 0 radical (unpaired) electrons. The first kappa shape index (κ1) is 99.0. The molecule has 40 nitrogen and oxygen atoms in total. The van der Waals surface area contributed by atoms with E-state index in [1.807, 2.05) is 55.2 Å². The first-order chi connectivity index (χ1) is 72.6. The molecule has 2 saturated heterocycles. The monoisotopic (exact) mass is 2000 g/mol. The molecule has 5 amide bonds. The smallest absolute Gasteiger partial charge is 0.258 e. The number of aliphatic hydroxyl groups is 5. The van der Waals surface area contributed by atoms with Crippen LogP contribution in [-0.2, 0) is 0 Å². The molecule has 15 aromatic heterocycles. The van der Waals surface area contributed by atoms with E-state index in [0.29, 0.717) is 104 Å². The summed E-state index contributed by atoms with van der Waals surface area (Å²) in [6.07, 6.45) is 56.4. The number of aliphatic hydroxyl groups excluding tert-OH is 5. The third-order valence-corrected chi connectivity index (χ3v) is 30.1. The number of anilines is 10. The lowest BCUT2D eigenvalue weighted by molar-refractivity contribution is 0.101. The zero-order valence-electron chi connectivity index (χ0n) is 82.7. The van der Waals surface area contributed by atoms with Crippen LogP contribution in [0.3, 0.4) is 0 Å². The molecule has 10 fully saturated rings. The van der Waals surface area contributed by atoms with Gasteiger partial charge in [-0.05, 0) is 238 Å². The normalized spacial score (nSPS) is 20.0. The first-order valence-electron chi connectivity index (χ1n) is 52.5. The molecule has 6 atom stereocenters. The van der Waals surface area contributed by atoms with Crippen LogP contribution in [0, 0.1) is 11.8 Å². The predicted molar refractivity (Wildman–Crippen MR) is 559 cm³/mol. The van der Waals surface area contributed by atoms with Crippen molar-refractivity contribution >= 4 is 116 Å². The van der Waals surface area contributed by atoms with Crippen molar-refractivity contribution in [1.29, 1.82) is 0 Å². The number of fused-ring (bicyclic) bond motifs is 5. The second-order valence-corrected chi connectivity index (χ2v) is 40.7. The van der Waals surface area contributed by atoms with Gasteiger partial charge >= 0.3 is 0 Å². The van der Waals surface area contributed by atoms with Crippen molar-refractivity contribution in [2.75, 3.05) is 98.5 Å². The van der Waals surface area contributed by atoms with Crippen molar-refractivity contribution in [2.24, 2.45) is 11.8 Å². The van der Waals surface area contributed by atoms with Gasteiger partial charge in [0.2, 0.25) is 0 Å². The van der Waals surface area contributed by atoms with E-state index in [0.717, 1.165) is 267 Å². The van der Waals surface area contributed by atoms with Crippen LogP contribution in [0.2, 0.25) is 0 Å². The number of carbonyl (C=O) groups excluding carboxylic acids is 5. The van der Waals surface area contributed by atoms with Crippen molar-refractivity contribution in [2.45, 2.75) is 245 Å². The average Bonchev–Trinajstić information content (AvgIpc) is 1.63. The van der Waals surface area contributed by atoms with Crippen LogP contribution in [-0.4, -0.2) is 229 Å². The minimum Gasteiger partial charge on any atom is -0.396 e. The van der Waals surface area contributed by atoms with Crippen LogP contribution < -0.4 is 52.3 Å². The van der Waals surface area contributed by atoms with Crippen molar-refractivity contribution in [3.8, 4) is 0 Å². The lowest BCUT2D eigenvalue weighted by atomic mass is 9.85. The molecule has 15 aromatic rings. The Labute approximate surface area is 854 Å². The Morgan fingerprint density at radius 1 is 0.318 bits per heavy atom. The molecular formula is C108H126N30O10. The second kappa shape index (κ2) is 45.1. The molecule has 40 heteroatoms. The van der Waals surface area contributed by atoms with Crippen LogP contribution in [0.5, 0.6) is 0 Å². The van der Waals surface area contributed by atoms with Crippen molar-refractivity contribution in [3.63, 3.8) is 0 Å². The number of piperidine rings is 2. The third-order valence-electron chi connectivity index (χ3n) is 30.1. The molecule has 0 spiro atoms. The molecule has 8 aliphatic carbocycles. The highest BCUT2D eigenvalue weighted by atomic mass is 16.3. The number of pyridine rings is 5. The van der Waals surface area contributed by atoms with Gasteiger partial charge in [0.05, 0.1) is 83.6 Å². The standard InChI is InChI=1S/3C22H26N6O2.2C21H24N6O2/c29-11-8-17-5-1-2-10-27(17)19-12-20(26-22(30)16-4-3-9-23-13-16)28-21(25-19)18(14-24-28)15-6-7-15;2*29-13-16-4-1-2-6-18(16)25-19-10-20(27-22(30)15-5-3-9-23-11-15)28-21(26-19)17(12-24-28)14-7-8-14;28-13-21(7-1-2-8-21)26-17-10-18(25-20(29)15-4-3-9-22-11-15)27-19(24-17)16(12-23-27)14-5-6-14;28-13-16-5-1-2-9-26(16)18-10-19(25-21(29)15-4-3-8-22-11-15)27-20(24-18)17(12-23-27)14-6-7-14/h3-4,9,12-15,17,29H,1-2,5-8,10-11H2,(H,26,30);2*3,5,9-12,14,16,18,29H,1-2,4,6-8,13H2,(H,25,26)(H,27,30);3-4,9-12,14,28H,1-2,5-8,13H2,(H,24,26)(H,25,29);3-4,8,10-12,14,16,28H,1-2,5-7,9,13H2,(H,25,29)/t;16-,18+;16-,18-;;/m.01../s1. The predicted octanol–water partition coefficient (Wildman–Crippen LogP) is 15.0. The Balaban J connectivity index is 0.000000108. The summed E-state index contributed by atoms with van der Waals surface area (Å²) in [5.41, 5.74) is 11.6. The van der Waals surface area contributed by atoms with Gasteiger partial charge in [-0.25, -0.2) is 24.9 Å². The Hall–Kier alpha value is -15.0. The number of amides is 5. The highest BCUT2D eigenvalue weighted by Gasteiger charge is 2.39. The van der Waals surface area contributed by atoms with Crippen molar-refractivity contribution in [3.05, 3.63) is 240 Å². The van der Waals surface area contributed by atoms with Gasteiger partial charge in [-0.1, -0.05) is 38.5 Å². The molecule has 25 rings (SSSR count). The quantitative estimate of drug-likeness (QED) is 0.0207. The van der Waals surface area contributed by atoms with Crippen LogP contribution in [0.25, 0.3) is 28.2 Å². The number of nitrogens with zero attached hydrogens (tertiary/aromatic N) is 22. The van der Waals surface area contributed by atoms with Crippen LogP contribution in [0.4, 0.5) is 58.2 Å². The molecular weight excluding hydrogens is 1880 g/mol. The molecule has 0 aromatic carbocycles. The molecule has 148 heavy (non-hydrogen) atoms. The van der Waals surface area contributed by atoms with Gasteiger partial charge < -0.3 is 77.9 Å². The van der Waals surface area contributed by atoms with E-state index in [4.69, 9.17) is 24.9 Å². The van der Waals surface area contributed by atoms with Crippen molar-refractivity contribution in [1.82, 2.24) is 97.9 Å². The van der Waals surface area contributed by atoms with Gasteiger partial charge in [0, 0.05) is 183 Å². The van der Waals surface area contributed by atoms with E-state index in [1.165, 1.54) is 6.20 Å². The Bertz CT molecular complexity index is 7000. The van der Waals surface area contributed by atoms with Gasteiger partial charge in [-0.3, -0.25) is 48.9 Å². The second-order valence-electron chi connectivity index (χ2n) is 40.7. The number of carbonyl (C=O) groups is 5. The fraction of sp³-hybridized carbons (Fsp3) is 0.444. The summed E-state index contributed by atoms with van der Waals surface area (Å²) >= 11 is 0. The van der Waals surface area contributed by atoms with E-state index >= 15 is 0 Å². The fourth-order valence-corrected chi connectivity index (χ4v) is 21.2. The molecule has 768 valence electrons. The summed E-state index contributed by atoms with van der Waals surface area (Å²) in [5.74, 6) is 8.24. The lowest BCUT2D eigenvalue weighted by Crippen LogP contribution is -2.42. The molecule has 8 saturated carbocycles. The molecule has 13 N–H and O–H groups in total. The summed E-state index contributed by atoms with van der Waals surface area (Å²) in [5, 5.41) is 96.8. The molecule has 2 unspecified atom stereocenters. The van der Waals surface area contributed by atoms with Gasteiger partial charge in [-0.15, -0.1) is 0 Å². The van der Waals surface area contributed by atoms with Crippen molar-refractivity contribution < 1.29 is 49.5 Å². The van der Waals surface area contributed by atoms with Crippen LogP contribution in [0.15, 0.2) is 184 Å². The maximum atomic E-state index is 12.8. The summed E-state index contributed by atoms with van der Waals surface area (Å²) in [6, 6.07) is 27.2. The SMILES string of the molecule is O=C(Nc1cc(N2CCCCC2CCO)nc2c(C3CC3)cnn12)c1cccnc1.O=C(Nc1cc(N2CCCCC2CO)nc2c(C3CC3)cnn12)c1cccnc1.O=C(Nc1cc(NC2(CO)CCCC2)nc2c(C3CC3)cnn12)c1cccnc1.O=C(Nc1cc(N[C@@H]2CCCC[C@@H]2CO)nc2c(C3CC3)cnn12)c1cccnc1.O=C(Nc1cc(N[C@@H]2CCCC[C@H]2CO)nc2c(C3CC3)cnn12)c1cccnc1. The number of rotatable bonds is 29. The van der Waals surface area contributed by atoms with Gasteiger partial charge in [0.1, 0.15) is 58.2 Å². The van der Waals surface area contributed by atoms with E-state index < -0.39 is 0 Å². The summed E-state index contributed by atoms with van der Waals surface area (Å²) < 4.78 is 8.54. The molecule has 10 aliphatic rings. The van der Waals surface area contributed by atoms with E-state index in [1.54, 1.807) is 145 Å². The highest BCUT2D eigenvalue weighted by Crippen LogP contribution is 2.48. The Kier molecular flexibility index (Phi) is 30.2. The zero-order chi connectivity index (χ0) is 101. The number of aromatic nitrogens is 20. The number of nitrogens with one attached hydrogen (secondary N) is 8. The fourth-order valence-electron chi connectivity index (χ4n) is 21.2. The number of hydrogen-bond donors (Lipinski definition) is 13. The molecule has 0 bridgehead atoms. The summed E-state index contributed by atoms with van der Waals surface area (Å²) in [7, 11) is 0. The topological polar surface area (TPSA) is 505 Å². The molecule has 2 aliphatic heterocycles. The minimum atomic E-state index is -0.351. The Morgan fingerprint density at radius 2 is 0.615 bits per heavy atom. The van der Waals surface area contributed by atoms with Gasteiger partial charge in [0.25, 0.3) is 29.5 Å². The summed E-state index contributed by atoms with van der Waals surface area (Å²) in [4.78, 5) is 113. The average molecular weight is 2000 g/mol. The lowest BCUT2D eigenvalue weighted by Gasteiger charge is -2.36. The number of hydrogen-bond acceptors (Lipinski definition) is 30. The zero-order valence-corrected chi connectivity index (χ0v) is 82.7. The van der Waals surface area contributed by atoms with E-state index in [9.17, 15) is 49.5 Å². The summed E-state index contributed by atoms with van der Waals surface area (Å²) in [6.45, 7) is 2.40. The molecule has 17 heterocycles. The van der Waals surface area contributed by atoms with E-state index in [2.05, 4.69) is 103 Å². The Morgan fingerprint density at radius 3 is 0.919 bits per heavy atom. The maximum Gasteiger partial charge on any atom is 0.258 e. The highest BCUT2D eigenvalue weighted by molar-refractivity contribution is 6.07. The van der Waals surface area contributed by atoms with E-state index in [-0.39, 0.29) is 104 Å². The van der Waals surface area contributed by atoms with Gasteiger partial charge in [0.15, 0.2) is 28.2 Å². The third kappa shape index (κ3) is 22.9. The van der Waals surface area contributed by atoms with Crippen LogP contribution >= 0.6 is 0 Å². The van der Waals surface area contributed by atoms with Gasteiger partial charge in [-0.2, -0.15) is 48.1 Å². The van der Waals surface area contributed by atoms with Crippen LogP contribution in [0.1, 0.15) is 295 Å².